The fraction of sp³-hybridized carbons (Fsp3) is 0.450. The van der Waals surface area contributed by atoms with E-state index in [-0.39, 0.29) is 5.91 Å². The number of hydrogen-bond acceptors (Lipinski definition) is 3. The molecular formula is C20H27NO3. The number of hydrogen-bond donors (Lipinski definition) is 0. The van der Waals surface area contributed by atoms with Crippen LogP contribution in [0.3, 0.4) is 0 Å². The molecule has 1 fully saturated rings. The lowest BCUT2D eigenvalue weighted by molar-refractivity contribution is -0.123. The van der Waals surface area contributed by atoms with E-state index < -0.39 is 0 Å². The Morgan fingerprint density at radius 1 is 1.17 bits per heavy atom. The Hall–Kier alpha value is -2.23. The van der Waals surface area contributed by atoms with Crippen LogP contribution in [0.25, 0.3) is 6.08 Å². The summed E-state index contributed by atoms with van der Waals surface area (Å²) < 4.78 is 10.6. The van der Waals surface area contributed by atoms with Gasteiger partial charge < -0.3 is 14.4 Å². The zero-order valence-corrected chi connectivity index (χ0v) is 14.9. The van der Waals surface area contributed by atoms with E-state index in [0.717, 1.165) is 30.6 Å². The summed E-state index contributed by atoms with van der Waals surface area (Å²) in [7, 11) is 3.24. The van der Waals surface area contributed by atoms with Gasteiger partial charge in [0.2, 0.25) is 0 Å². The number of benzene rings is 1. The van der Waals surface area contributed by atoms with Crippen molar-refractivity contribution in [2.24, 2.45) is 0 Å². The van der Waals surface area contributed by atoms with Crippen molar-refractivity contribution in [3.63, 3.8) is 0 Å². The Bertz CT molecular complexity index is 634. The van der Waals surface area contributed by atoms with Crippen LogP contribution in [0.1, 0.15) is 44.6 Å². The van der Waals surface area contributed by atoms with Crippen LogP contribution < -0.4 is 9.47 Å². The van der Waals surface area contributed by atoms with Crippen molar-refractivity contribution in [2.75, 3.05) is 20.8 Å². The lowest BCUT2D eigenvalue weighted by atomic mass is 10.1. The first-order valence-electron chi connectivity index (χ1n) is 8.53. The van der Waals surface area contributed by atoms with Crippen molar-refractivity contribution >= 4 is 12.0 Å². The zero-order valence-electron chi connectivity index (χ0n) is 14.9. The molecule has 0 unspecified atom stereocenters. The zero-order chi connectivity index (χ0) is 17.5. The molecule has 0 saturated carbocycles. The summed E-state index contributed by atoms with van der Waals surface area (Å²) in [4.78, 5) is 14.2. The van der Waals surface area contributed by atoms with Gasteiger partial charge in [0, 0.05) is 24.2 Å². The lowest BCUT2D eigenvalue weighted by Crippen LogP contribution is -2.24. The Kier molecular flexibility index (Phi) is 6.47. The lowest BCUT2D eigenvalue weighted by Gasteiger charge is -2.18. The number of methoxy groups -OCH3 is 2. The van der Waals surface area contributed by atoms with Crippen molar-refractivity contribution in [1.82, 2.24) is 4.90 Å². The molecule has 0 aliphatic carbocycles. The van der Waals surface area contributed by atoms with Crippen molar-refractivity contribution in [3.8, 4) is 11.5 Å². The van der Waals surface area contributed by atoms with Crippen molar-refractivity contribution in [3.05, 3.63) is 41.6 Å². The van der Waals surface area contributed by atoms with Crippen molar-refractivity contribution in [1.29, 1.82) is 0 Å². The molecule has 4 heteroatoms. The van der Waals surface area contributed by atoms with E-state index >= 15 is 0 Å². The topological polar surface area (TPSA) is 38.8 Å². The van der Waals surface area contributed by atoms with Crippen LogP contribution in [0.5, 0.6) is 11.5 Å². The van der Waals surface area contributed by atoms with Crippen molar-refractivity contribution < 1.29 is 14.3 Å². The third kappa shape index (κ3) is 4.19. The first kappa shape index (κ1) is 18.1. The molecule has 1 heterocycles. The van der Waals surface area contributed by atoms with Crippen molar-refractivity contribution in [2.45, 2.75) is 39.0 Å². The van der Waals surface area contributed by atoms with Gasteiger partial charge in [0.25, 0.3) is 5.91 Å². The average molecular weight is 329 g/mol. The molecule has 130 valence electrons. The maximum atomic E-state index is 12.3. The maximum Gasteiger partial charge on any atom is 0.253 e. The van der Waals surface area contributed by atoms with Gasteiger partial charge in [-0.05, 0) is 30.2 Å². The van der Waals surface area contributed by atoms with Gasteiger partial charge in [-0.3, -0.25) is 4.79 Å². The number of likely N-dealkylation sites (tertiary alicyclic amines) is 1. The van der Waals surface area contributed by atoms with Gasteiger partial charge in [0.05, 0.1) is 14.2 Å². The molecular weight excluding hydrogens is 302 g/mol. The minimum Gasteiger partial charge on any atom is -0.493 e. The van der Waals surface area contributed by atoms with Crippen LogP contribution in [-0.4, -0.2) is 31.6 Å². The van der Waals surface area contributed by atoms with Crippen LogP contribution in [-0.2, 0) is 4.79 Å². The molecule has 0 bridgehead atoms. The first-order valence-corrected chi connectivity index (χ1v) is 8.53. The van der Waals surface area contributed by atoms with Crippen LogP contribution in [0, 0.1) is 0 Å². The number of unbranched alkanes of at least 4 members (excludes halogenated alkanes) is 3. The highest BCUT2D eigenvalue weighted by Crippen LogP contribution is 2.32. The van der Waals surface area contributed by atoms with Gasteiger partial charge in [-0.25, -0.2) is 0 Å². The van der Waals surface area contributed by atoms with E-state index in [2.05, 4.69) is 13.5 Å². The molecule has 1 saturated heterocycles. The predicted octanol–water partition coefficient (Wildman–Crippen LogP) is 4.41. The molecule has 1 aromatic rings. The van der Waals surface area contributed by atoms with Gasteiger partial charge in [-0.2, -0.15) is 0 Å². The molecule has 1 aliphatic rings. The summed E-state index contributed by atoms with van der Waals surface area (Å²) in [6.45, 7) is 6.85. The highest BCUT2D eigenvalue weighted by molar-refractivity contribution is 5.98. The van der Waals surface area contributed by atoms with Gasteiger partial charge >= 0.3 is 0 Å². The smallest absolute Gasteiger partial charge is 0.253 e. The number of carbonyl (C=O) groups is 1. The minimum atomic E-state index is 0.0539. The standard InChI is InChI=1S/C20H27NO3/c1-5-6-7-8-11-21-17(12-15(2)20(21)22)13-16-9-10-18(23-3)19(14-16)24-4/h9-10,13-14H,2,5-8,11-12H2,1,3-4H3/b17-13+. The summed E-state index contributed by atoms with van der Waals surface area (Å²) in [6.07, 6.45) is 7.22. The summed E-state index contributed by atoms with van der Waals surface area (Å²) >= 11 is 0. The van der Waals surface area contributed by atoms with E-state index in [0.29, 0.717) is 23.5 Å². The predicted molar refractivity (Wildman–Crippen MR) is 97.1 cm³/mol. The van der Waals surface area contributed by atoms with E-state index in [1.165, 1.54) is 12.8 Å². The normalized spacial score (nSPS) is 16.1. The number of ether oxygens (including phenoxy) is 2. The summed E-state index contributed by atoms with van der Waals surface area (Å²) in [6, 6.07) is 5.77. The van der Waals surface area contributed by atoms with Crippen LogP contribution >= 0.6 is 0 Å². The van der Waals surface area contributed by atoms with Crippen LogP contribution in [0.2, 0.25) is 0 Å². The molecule has 24 heavy (non-hydrogen) atoms. The van der Waals surface area contributed by atoms with Crippen LogP contribution in [0.15, 0.2) is 36.0 Å². The molecule has 1 aromatic carbocycles. The molecule has 0 aromatic heterocycles. The first-order chi connectivity index (χ1) is 11.6. The highest BCUT2D eigenvalue weighted by Gasteiger charge is 2.28. The molecule has 0 N–H and O–H groups in total. The third-order valence-corrected chi connectivity index (χ3v) is 4.26. The quantitative estimate of drug-likeness (QED) is 0.524. The number of rotatable bonds is 8. The Balaban J connectivity index is 2.19. The Morgan fingerprint density at radius 2 is 1.92 bits per heavy atom. The molecule has 0 atom stereocenters. The van der Waals surface area contributed by atoms with Gasteiger partial charge in [-0.15, -0.1) is 0 Å². The largest absolute Gasteiger partial charge is 0.493 e. The van der Waals surface area contributed by atoms with E-state index in [4.69, 9.17) is 9.47 Å². The fourth-order valence-corrected chi connectivity index (χ4v) is 2.92. The number of carbonyl (C=O) groups excluding carboxylic acids is 1. The second-order valence-corrected chi connectivity index (χ2v) is 6.05. The number of nitrogens with zero attached hydrogens (tertiary/aromatic N) is 1. The number of amides is 1. The van der Waals surface area contributed by atoms with E-state index in [1.807, 2.05) is 29.2 Å². The van der Waals surface area contributed by atoms with Crippen LogP contribution in [0.4, 0.5) is 0 Å². The Morgan fingerprint density at radius 3 is 2.58 bits per heavy atom. The summed E-state index contributed by atoms with van der Waals surface area (Å²) in [5.41, 5.74) is 2.66. The Labute approximate surface area is 144 Å². The molecule has 1 amide bonds. The second kappa shape index (κ2) is 8.57. The SMILES string of the molecule is C=C1C/C(=C\c2ccc(OC)c(OC)c2)N(CCCCCC)C1=O. The fourth-order valence-electron chi connectivity index (χ4n) is 2.92. The molecule has 0 spiro atoms. The monoisotopic (exact) mass is 329 g/mol. The maximum absolute atomic E-state index is 12.3. The third-order valence-electron chi connectivity index (χ3n) is 4.26. The highest BCUT2D eigenvalue weighted by atomic mass is 16.5. The summed E-state index contributed by atoms with van der Waals surface area (Å²) in [5, 5.41) is 0. The number of allylic oxidation sites excluding steroid dienone is 1. The van der Waals surface area contributed by atoms with Gasteiger partial charge in [0.1, 0.15) is 0 Å². The molecule has 2 rings (SSSR count). The minimum absolute atomic E-state index is 0.0539. The van der Waals surface area contributed by atoms with Gasteiger partial charge in [0.15, 0.2) is 11.5 Å². The molecule has 0 radical (unpaired) electrons. The van der Waals surface area contributed by atoms with E-state index in [9.17, 15) is 4.79 Å². The summed E-state index contributed by atoms with van der Waals surface area (Å²) in [5.74, 6) is 1.44. The second-order valence-electron chi connectivity index (χ2n) is 6.05. The molecule has 1 aliphatic heterocycles. The van der Waals surface area contributed by atoms with E-state index in [1.54, 1.807) is 14.2 Å². The molecule has 4 nitrogen and oxygen atoms in total. The van der Waals surface area contributed by atoms with Gasteiger partial charge in [-0.1, -0.05) is 38.8 Å². The average Bonchev–Trinajstić information content (AvgIpc) is 2.85.